The van der Waals surface area contributed by atoms with E-state index in [4.69, 9.17) is 0 Å². The van der Waals surface area contributed by atoms with Gasteiger partial charge in [0, 0.05) is 19.1 Å². The van der Waals surface area contributed by atoms with Crippen molar-refractivity contribution >= 4 is 0 Å². The molecular formula is C20H37N. The maximum absolute atomic E-state index is 2.83. The first-order valence-corrected chi connectivity index (χ1v) is 9.33. The van der Waals surface area contributed by atoms with Gasteiger partial charge in [-0.05, 0) is 76.0 Å². The first-order chi connectivity index (χ1) is 9.95. The largest absolute Gasteiger partial charge is 0.300 e. The molecule has 2 rings (SSSR count). The lowest BCUT2D eigenvalue weighted by Crippen LogP contribution is -2.44. The number of nitrogens with zero attached hydrogens (tertiary/aromatic N) is 1. The van der Waals surface area contributed by atoms with Crippen LogP contribution in [-0.2, 0) is 0 Å². The number of piperidine rings is 1. The van der Waals surface area contributed by atoms with E-state index >= 15 is 0 Å². The van der Waals surface area contributed by atoms with Crippen LogP contribution in [0.15, 0.2) is 11.6 Å². The molecule has 122 valence electrons. The van der Waals surface area contributed by atoms with Gasteiger partial charge in [-0.15, -0.1) is 0 Å². The van der Waals surface area contributed by atoms with Crippen molar-refractivity contribution in [1.29, 1.82) is 0 Å². The van der Waals surface area contributed by atoms with Gasteiger partial charge < -0.3 is 0 Å². The molecule has 0 aromatic heterocycles. The third-order valence-corrected chi connectivity index (χ3v) is 5.84. The molecule has 1 heteroatoms. The smallest absolute Gasteiger partial charge is 0.00983 e. The Kier molecular flexibility index (Phi) is 6.34. The van der Waals surface area contributed by atoms with Crippen LogP contribution in [-0.4, -0.2) is 24.0 Å². The zero-order valence-electron chi connectivity index (χ0n) is 15.1. The summed E-state index contributed by atoms with van der Waals surface area (Å²) in [5, 5.41) is 0. The van der Waals surface area contributed by atoms with E-state index in [1.54, 1.807) is 0 Å². The molecule has 0 radical (unpaired) electrons. The van der Waals surface area contributed by atoms with Crippen LogP contribution in [0.1, 0.15) is 73.1 Å². The van der Waals surface area contributed by atoms with E-state index in [2.05, 4.69) is 45.6 Å². The maximum Gasteiger partial charge on any atom is 0.00983 e. The van der Waals surface area contributed by atoms with Crippen LogP contribution < -0.4 is 0 Å². The fraction of sp³-hybridized carbons (Fsp3) is 0.900. The third-order valence-electron chi connectivity index (χ3n) is 5.84. The van der Waals surface area contributed by atoms with Crippen molar-refractivity contribution in [2.75, 3.05) is 13.1 Å². The lowest BCUT2D eigenvalue weighted by atomic mass is 9.87. The molecule has 2 fully saturated rings. The minimum Gasteiger partial charge on any atom is -0.300 e. The molecule has 0 N–H and O–H groups in total. The lowest BCUT2D eigenvalue weighted by Gasteiger charge is -2.39. The molecule has 1 aliphatic carbocycles. The van der Waals surface area contributed by atoms with Gasteiger partial charge in [0.1, 0.15) is 0 Å². The van der Waals surface area contributed by atoms with Crippen LogP contribution >= 0.6 is 0 Å². The van der Waals surface area contributed by atoms with E-state index in [0.717, 1.165) is 29.7 Å². The second kappa shape index (κ2) is 7.81. The molecule has 0 spiro atoms. The van der Waals surface area contributed by atoms with Gasteiger partial charge in [-0.1, -0.05) is 32.4 Å². The van der Waals surface area contributed by atoms with Gasteiger partial charge in [-0.25, -0.2) is 0 Å². The fourth-order valence-corrected chi connectivity index (χ4v) is 4.72. The minimum absolute atomic E-state index is 0.895. The van der Waals surface area contributed by atoms with Crippen molar-refractivity contribution in [3.8, 4) is 0 Å². The Morgan fingerprint density at radius 2 is 1.76 bits per heavy atom. The highest BCUT2D eigenvalue weighted by Crippen LogP contribution is 2.38. The van der Waals surface area contributed by atoms with E-state index in [0.29, 0.717) is 0 Å². The van der Waals surface area contributed by atoms with Crippen molar-refractivity contribution in [1.82, 2.24) is 4.90 Å². The summed E-state index contributed by atoms with van der Waals surface area (Å²) in [6.07, 6.45) is 10.9. The zero-order valence-corrected chi connectivity index (χ0v) is 15.1. The zero-order chi connectivity index (χ0) is 15.4. The van der Waals surface area contributed by atoms with Crippen molar-refractivity contribution in [2.45, 2.75) is 79.2 Å². The summed E-state index contributed by atoms with van der Waals surface area (Å²) in [5.74, 6) is 3.70. The second-order valence-corrected chi connectivity index (χ2v) is 8.46. The summed E-state index contributed by atoms with van der Waals surface area (Å²) in [6, 6.07) is 0.895. The molecule has 21 heavy (non-hydrogen) atoms. The Bertz CT molecular complexity index is 332. The fourth-order valence-electron chi connectivity index (χ4n) is 4.72. The van der Waals surface area contributed by atoms with Crippen LogP contribution in [0, 0.1) is 23.7 Å². The van der Waals surface area contributed by atoms with Crippen molar-refractivity contribution in [3.05, 3.63) is 11.6 Å². The predicted molar refractivity (Wildman–Crippen MR) is 93.5 cm³/mol. The molecule has 2 aliphatic rings. The van der Waals surface area contributed by atoms with Crippen LogP contribution in [0.5, 0.6) is 0 Å². The van der Waals surface area contributed by atoms with Crippen molar-refractivity contribution in [2.24, 2.45) is 23.7 Å². The number of allylic oxidation sites excluding steroid dienone is 2. The molecular weight excluding hydrogens is 254 g/mol. The Labute approximate surface area is 133 Å². The molecule has 0 aromatic carbocycles. The quantitative estimate of drug-likeness (QED) is 0.603. The van der Waals surface area contributed by atoms with Crippen molar-refractivity contribution < 1.29 is 0 Å². The van der Waals surface area contributed by atoms with Gasteiger partial charge in [0.2, 0.25) is 0 Å². The normalized spacial score (nSPS) is 35.7. The van der Waals surface area contributed by atoms with E-state index in [1.807, 2.05) is 0 Å². The molecule has 0 bridgehead atoms. The Balaban J connectivity index is 1.78. The Hall–Kier alpha value is -0.300. The average molecular weight is 292 g/mol. The molecule has 1 unspecified atom stereocenters. The highest BCUT2D eigenvalue weighted by atomic mass is 15.2. The molecule has 0 aromatic rings. The molecule has 5 atom stereocenters. The first kappa shape index (κ1) is 17.1. The average Bonchev–Trinajstić information content (AvgIpc) is 2.86. The summed E-state index contributed by atoms with van der Waals surface area (Å²) < 4.78 is 0. The topological polar surface area (TPSA) is 3.24 Å². The molecule has 1 nitrogen and oxygen atoms in total. The van der Waals surface area contributed by atoms with E-state index in [1.165, 1.54) is 57.2 Å². The second-order valence-electron chi connectivity index (χ2n) is 8.46. The number of rotatable bonds is 5. The summed E-state index contributed by atoms with van der Waals surface area (Å²) in [5.41, 5.74) is 1.47. The molecule has 1 heterocycles. The maximum atomic E-state index is 2.83. The number of hydrogen-bond donors (Lipinski definition) is 0. The SMILES string of the molecule is CC(C)=CCCC(C)[C@@H]1CC[C@@H](N2C[C@H](C)C[C@H](C)C2)C1. The van der Waals surface area contributed by atoms with Gasteiger partial charge in [-0.3, -0.25) is 4.90 Å². The molecule has 0 amide bonds. The van der Waals surface area contributed by atoms with E-state index < -0.39 is 0 Å². The monoisotopic (exact) mass is 291 g/mol. The van der Waals surface area contributed by atoms with Crippen LogP contribution in [0.4, 0.5) is 0 Å². The highest BCUT2D eigenvalue weighted by molar-refractivity contribution is 4.94. The summed E-state index contributed by atoms with van der Waals surface area (Å²) >= 11 is 0. The Morgan fingerprint density at radius 3 is 2.38 bits per heavy atom. The lowest BCUT2D eigenvalue weighted by molar-refractivity contribution is 0.0941. The highest BCUT2D eigenvalue weighted by Gasteiger charge is 2.34. The predicted octanol–water partition coefficient (Wildman–Crippen LogP) is 5.52. The Morgan fingerprint density at radius 1 is 1.10 bits per heavy atom. The van der Waals surface area contributed by atoms with E-state index in [9.17, 15) is 0 Å². The standard InChI is InChI=1S/C20H37N/c1-15(2)7-6-8-18(5)19-9-10-20(12-19)21-13-16(3)11-17(4)14-21/h7,16-20H,6,8-14H2,1-5H3/t16-,17+,18?,19-,20-/m1/s1. The van der Waals surface area contributed by atoms with Crippen LogP contribution in [0.3, 0.4) is 0 Å². The number of likely N-dealkylation sites (tertiary alicyclic amines) is 1. The molecule has 1 aliphatic heterocycles. The number of hydrogen-bond acceptors (Lipinski definition) is 1. The van der Waals surface area contributed by atoms with Crippen molar-refractivity contribution in [3.63, 3.8) is 0 Å². The van der Waals surface area contributed by atoms with Gasteiger partial charge in [-0.2, -0.15) is 0 Å². The van der Waals surface area contributed by atoms with Crippen LogP contribution in [0.25, 0.3) is 0 Å². The van der Waals surface area contributed by atoms with Gasteiger partial charge in [0.25, 0.3) is 0 Å². The van der Waals surface area contributed by atoms with E-state index in [-0.39, 0.29) is 0 Å². The summed E-state index contributed by atoms with van der Waals surface area (Å²) in [4.78, 5) is 2.83. The van der Waals surface area contributed by atoms with Gasteiger partial charge in [0.05, 0.1) is 0 Å². The minimum atomic E-state index is 0.895. The van der Waals surface area contributed by atoms with Gasteiger partial charge >= 0.3 is 0 Å². The summed E-state index contributed by atoms with van der Waals surface area (Å²) in [6.45, 7) is 14.5. The molecule has 1 saturated carbocycles. The third kappa shape index (κ3) is 5.13. The van der Waals surface area contributed by atoms with Gasteiger partial charge in [0.15, 0.2) is 0 Å². The first-order valence-electron chi connectivity index (χ1n) is 9.33. The van der Waals surface area contributed by atoms with Crippen LogP contribution in [0.2, 0.25) is 0 Å². The summed E-state index contributed by atoms with van der Waals surface area (Å²) in [7, 11) is 0. The molecule has 1 saturated heterocycles.